The maximum Gasteiger partial charge on any atom is 0.0962 e. The third-order valence-corrected chi connectivity index (χ3v) is 7.75. The van der Waals surface area contributed by atoms with Gasteiger partial charge in [0.15, 0.2) is 0 Å². The molecule has 0 amide bonds. The maximum absolute atomic E-state index is 10.6. The molecule has 128 valence electrons. The molecule has 4 aliphatic rings. The van der Waals surface area contributed by atoms with Gasteiger partial charge in [0.1, 0.15) is 0 Å². The van der Waals surface area contributed by atoms with Crippen molar-refractivity contribution in [2.75, 3.05) is 6.61 Å². The van der Waals surface area contributed by atoms with Crippen molar-refractivity contribution in [1.29, 1.82) is 0 Å². The summed E-state index contributed by atoms with van der Waals surface area (Å²) in [4.78, 5) is 0. The maximum atomic E-state index is 10.6. The van der Waals surface area contributed by atoms with Crippen LogP contribution in [0.4, 0.5) is 0 Å². The SMILES string of the molecule is CCOC1=CC2=CC[C@@H]3[C@H](CCC4(CC)[C@@H](O)CC[C@@H]34)[C@H]2CC1. The van der Waals surface area contributed by atoms with Crippen LogP contribution >= 0.6 is 0 Å². The van der Waals surface area contributed by atoms with E-state index >= 15 is 0 Å². The van der Waals surface area contributed by atoms with E-state index in [2.05, 4.69) is 26.0 Å². The Morgan fingerprint density at radius 1 is 1.17 bits per heavy atom. The molecule has 0 aliphatic heterocycles. The third-order valence-electron chi connectivity index (χ3n) is 7.75. The first-order valence-electron chi connectivity index (χ1n) is 9.91. The van der Waals surface area contributed by atoms with Crippen LogP contribution in [-0.4, -0.2) is 17.8 Å². The van der Waals surface area contributed by atoms with Crippen molar-refractivity contribution in [2.45, 2.75) is 71.3 Å². The van der Waals surface area contributed by atoms with Gasteiger partial charge in [-0.3, -0.25) is 0 Å². The molecule has 0 heterocycles. The molecule has 1 N–H and O–H groups in total. The van der Waals surface area contributed by atoms with Gasteiger partial charge in [-0.2, -0.15) is 0 Å². The van der Waals surface area contributed by atoms with Gasteiger partial charge in [0, 0.05) is 6.42 Å². The highest BCUT2D eigenvalue weighted by Gasteiger charge is 2.56. The Hall–Kier alpha value is -0.760. The monoisotopic (exact) mass is 316 g/mol. The second kappa shape index (κ2) is 5.95. The number of hydrogen-bond acceptors (Lipinski definition) is 2. The van der Waals surface area contributed by atoms with E-state index in [1.54, 1.807) is 5.57 Å². The minimum atomic E-state index is -0.0420. The first-order chi connectivity index (χ1) is 11.2. The number of aliphatic hydroxyl groups is 1. The first kappa shape index (κ1) is 15.7. The van der Waals surface area contributed by atoms with Crippen LogP contribution < -0.4 is 0 Å². The van der Waals surface area contributed by atoms with Crippen LogP contribution in [0.15, 0.2) is 23.5 Å². The molecule has 1 unspecified atom stereocenters. The molecular weight excluding hydrogens is 284 g/mol. The fraction of sp³-hybridized carbons (Fsp3) is 0.810. The molecule has 2 fully saturated rings. The van der Waals surface area contributed by atoms with Crippen molar-refractivity contribution in [3.63, 3.8) is 0 Å². The zero-order chi connectivity index (χ0) is 16.0. The molecule has 0 aromatic carbocycles. The highest BCUT2D eigenvalue weighted by molar-refractivity contribution is 5.31. The van der Waals surface area contributed by atoms with Crippen LogP contribution in [0.1, 0.15) is 65.2 Å². The van der Waals surface area contributed by atoms with Gasteiger partial charge in [0.2, 0.25) is 0 Å². The molecule has 23 heavy (non-hydrogen) atoms. The van der Waals surface area contributed by atoms with E-state index in [1.165, 1.54) is 37.9 Å². The quantitative estimate of drug-likeness (QED) is 0.807. The number of aliphatic hydroxyl groups excluding tert-OH is 1. The van der Waals surface area contributed by atoms with Gasteiger partial charge in [0.25, 0.3) is 0 Å². The summed E-state index contributed by atoms with van der Waals surface area (Å²) in [5, 5.41) is 10.6. The van der Waals surface area contributed by atoms with Crippen LogP contribution in [0.5, 0.6) is 0 Å². The van der Waals surface area contributed by atoms with E-state index in [9.17, 15) is 5.11 Å². The van der Waals surface area contributed by atoms with Gasteiger partial charge in [0.05, 0.1) is 18.5 Å². The summed E-state index contributed by atoms with van der Waals surface area (Å²) in [5.41, 5.74) is 1.80. The Balaban J connectivity index is 1.60. The van der Waals surface area contributed by atoms with Gasteiger partial charge >= 0.3 is 0 Å². The van der Waals surface area contributed by atoms with Crippen LogP contribution in [0.2, 0.25) is 0 Å². The van der Waals surface area contributed by atoms with Crippen molar-refractivity contribution in [1.82, 2.24) is 0 Å². The Labute approximate surface area is 141 Å². The van der Waals surface area contributed by atoms with Crippen molar-refractivity contribution in [2.24, 2.45) is 29.1 Å². The van der Waals surface area contributed by atoms with Crippen molar-refractivity contribution in [3.05, 3.63) is 23.5 Å². The topological polar surface area (TPSA) is 29.5 Å². The molecule has 0 aromatic heterocycles. The Bertz CT molecular complexity index is 520. The van der Waals surface area contributed by atoms with Gasteiger partial charge in [-0.1, -0.05) is 13.0 Å². The Morgan fingerprint density at radius 2 is 2.04 bits per heavy atom. The molecule has 6 atom stereocenters. The van der Waals surface area contributed by atoms with Gasteiger partial charge in [-0.05, 0) is 92.6 Å². The van der Waals surface area contributed by atoms with Crippen molar-refractivity contribution < 1.29 is 9.84 Å². The van der Waals surface area contributed by atoms with E-state index in [0.29, 0.717) is 0 Å². The third kappa shape index (κ3) is 2.32. The first-order valence-corrected chi connectivity index (χ1v) is 9.91. The van der Waals surface area contributed by atoms with Crippen LogP contribution in [0.25, 0.3) is 0 Å². The molecule has 4 rings (SSSR count). The average molecular weight is 316 g/mol. The zero-order valence-electron chi connectivity index (χ0n) is 14.8. The predicted molar refractivity (Wildman–Crippen MR) is 92.8 cm³/mol. The normalized spacial score (nSPS) is 45.4. The molecule has 4 aliphatic carbocycles. The molecule has 2 saturated carbocycles. The van der Waals surface area contributed by atoms with Crippen molar-refractivity contribution in [3.8, 4) is 0 Å². The number of fused-ring (bicyclic) bond motifs is 5. The van der Waals surface area contributed by atoms with Gasteiger partial charge < -0.3 is 9.84 Å². The summed E-state index contributed by atoms with van der Waals surface area (Å²) in [7, 11) is 0. The largest absolute Gasteiger partial charge is 0.498 e. The van der Waals surface area contributed by atoms with Crippen molar-refractivity contribution >= 4 is 0 Å². The van der Waals surface area contributed by atoms with Gasteiger partial charge in [-0.15, -0.1) is 0 Å². The second-order valence-corrected chi connectivity index (χ2v) is 8.28. The van der Waals surface area contributed by atoms with Crippen LogP contribution in [0.3, 0.4) is 0 Å². The average Bonchev–Trinajstić information content (AvgIpc) is 2.92. The molecule has 0 spiro atoms. The molecular formula is C21H32O2. The summed E-state index contributed by atoms with van der Waals surface area (Å²) in [6, 6.07) is 0. The lowest BCUT2D eigenvalue weighted by molar-refractivity contribution is -0.0604. The predicted octanol–water partition coefficient (Wildman–Crippen LogP) is 4.84. The minimum Gasteiger partial charge on any atom is -0.498 e. The van der Waals surface area contributed by atoms with Crippen LogP contribution in [-0.2, 0) is 4.74 Å². The Morgan fingerprint density at radius 3 is 2.83 bits per heavy atom. The lowest BCUT2D eigenvalue weighted by atomic mass is 9.52. The zero-order valence-corrected chi connectivity index (χ0v) is 14.8. The fourth-order valence-corrected chi connectivity index (χ4v) is 6.69. The van der Waals surface area contributed by atoms with Crippen LogP contribution in [0, 0.1) is 29.1 Å². The summed E-state index contributed by atoms with van der Waals surface area (Å²) in [6.07, 6.45) is 14.5. The highest BCUT2D eigenvalue weighted by atomic mass is 16.5. The molecule has 2 nitrogen and oxygen atoms in total. The number of rotatable bonds is 3. The molecule has 0 radical (unpaired) electrons. The standard InChI is InChI=1S/C21H32O2/c1-3-21-12-11-17-16-8-6-15(23-4-2)13-14(16)5-7-18(17)19(21)9-10-20(21)22/h5,13,16-20,22H,3-4,6-12H2,1-2H3/t16-,17+,18+,19-,20-,21?/m0/s1. The molecule has 0 bridgehead atoms. The molecule has 0 saturated heterocycles. The number of allylic oxidation sites excluding steroid dienone is 4. The summed E-state index contributed by atoms with van der Waals surface area (Å²) < 4.78 is 5.77. The van der Waals surface area contributed by atoms with E-state index in [-0.39, 0.29) is 11.5 Å². The van der Waals surface area contributed by atoms with E-state index in [4.69, 9.17) is 4.74 Å². The number of ether oxygens (including phenoxy) is 1. The summed E-state index contributed by atoms with van der Waals surface area (Å²) in [5.74, 6) is 4.38. The summed E-state index contributed by atoms with van der Waals surface area (Å²) in [6.45, 7) is 5.17. The van der Waals surface area contributed by atoms with Gasteiger partial charge in [-0.25, -0.2) is 0 Å². The smallest absolute Gasteiger partial charge is 0.0962 e. The minimum absolute atomic E-state index is 0.0420. The molecule has 0 aromatic rings. The lowest BCUT2D eigenvalue weighted by Crippen LogP contribution is -2.47. The fourth-order valence-electron chi connectivity index (χ4n) is 6.69. The van der Waals surface area contributed by atoms with E-state index < -0.39 is 0 Å². The Kier molecular flexibility index (Phi) is 4.07. The second-order valence-electron chi connectivity index (χ2n) is 8.28. The van der Waals surface area contributed by atoms with E-state index in [0.717, 1.165) is 49.5 Å². The summed E-state index contributed by atoms with van der Waals surface area (Å²) >= 11 is 0. The highest BCUT2D eigenvalue weighted by Crippen LogP contribution is 2.62. The lowest BCUT2D eigenvalue weighted by Gasteiger charge is -2.53. The number of hydrogen-bond donors (Lipinski definition) is 1. The molecule has 2 heteroatoms. The van der Waals surface area contributed by atoms with E-state index in [1.807, 2.05) is 0 Å².